The average molecular weight is 232 g/mol. The summed E-state index contributed by atoms with van der Waals surface area (Å²) >= 11 is 0. The highest BCUT2D eigenvalue weighted by Crippen LogP contribution is 2.01. The summed E-state index contributed by atoms with van der Waals surface area (Å²) in [7, 11) is 0. The second-order valence-corrected chi connectivity index (χ2v) is 4.64. The Kier molecular flexibility index (Phi) is 7.29. The molecule has 16 heavy (non-hydrogen) atoms. The molecule has 0 aromatic rings. The topological polar surface area (TPSA) is 81.6 Å². The molecule has 5 heteroatoms. The summed E-state index contributed by atoms with van der Waals surface area (Å²) in [6.07, 6.45) is 1.15. The average Bonchev–Trinajstić information content (AvgIpc) is 2.24. The highest BCUT2D eigenvalue weighted by molar-refractivity contribution is 5.76. The number of rotatable bonds is 8. The van der Waals surface area contributed by atoms with Gasteiger partial charge in [0.05, 0.1) is 18.8 Å². The number of nitrogens with one attached hydrogen (secondary N) is 2. The quantitative estimate of drug-likeness (QED) is 0.430. The maximum Gasteiger partial charge on any atom is 0.220 e. The molecular weight excluding hydrogens is 208 g/mol. The third kappa shape index (κ3) is 6.76. The van der Waals surface area contributed by atoms with Crippen LogP contribution >= 0.6 is 0 Å². The molecule has 0 fully saturated rings. The van der Waals surface area contributed by atoms with Crippen molar-refractivity contribution in [3.8, 4) is 0 Å². The Morgan fingerprint density at radius 3 is 2.31 bits per heavy atom. The maximum absolute atomic E-state index is 11.5. The number of amides is 1. The molecule has 0 aliphatic heterocycles. The zero-order valence-electron chi connectivity index (χ0n) is 10.4. The van der Waals surface area contributed by atoms with Crippen molar-refractivity contribution in [3.05, 3.63) is 0 Å². The van der Waals surface area contributed by atoms with Crippen LogP contribution in [0.3, 0.4) is 0 Å². The maximum atomic E-state index is 11.5. The van der Waals surface area contributed by atoms with Crippen molar-refractivity contribution in [1.29, 1.82) is 0 Å². The lowest BCUT2D eigenvalue weighted by molar-refractivity contribution is -0.124. The first kappa shape index (κ1) is 15.3. The highest BCUT2D eigenvalue weighted by atomic mass is 16.3. The predicted molar refractivity (Wildman–Crippen MR) is 63.1 cm³/mol. The highest BCUT2D eigenvalue weighted by Gasteiger charge is 2.23. The number of carbonyl (C=O) groups excluding carboxylic acids is 1. The van der Waals surface area contributed by atoms with Gasteiger partial charge in [-0.05, 0) is 19.9 Å². The van der Waals surface area contributed by atoms with Gasteiger partial charge in [0.2, 0.25) is 5.91 Å². The van der Waals surface area contributed by atoms with E-state index in [0.717, 1.165) is 13.0 Å². The van der Waals surface area contributed by atoms with Gasteiger partial charge in [-0.2, -0.15) is 0 Å². The van der Waals surface area contributed by atoms with Crippen molar-refractivity contribution < 1.29 is 15.0 Å². The molecule has 0 aliphatic carbocycles. The van der Waals surface area contributed by atoms with E-state index in [1.807, 2.05) is 0 Å². The Balaban J connectivity index is 3.73. The summed E-state index contributed by atoms with van der Waals surface area (Å²) in [6.45, 7) is 5.97. The number of carbonyl (C=O) groups is 1. The van der Waals surface area contributed by atoms with Crippen LogP contribution < -0.4 is 10.6 Å². The molecule has 0 unspecified atom stereocenters. The Bertz CT molecular complexity index is 203. The lowest BCUT2D eigenvalue weighted by Crippen LogP contribution is -2.51. The largest absolute Gasteiger partial charge is 0.394 e. The lowest BCUT2D eigenvalue weighted by atomic mass is 10.1. The minimum Gasteiger partial charge on any atom is -0.394 e. The second kappa shape index (κ2) is 7.60. The zero-order valence-corrected chi connectivity index (χ0v) is 10.4. The van der Waals surface area contributed by atoms with Crippen LogP contribution in [0.5, 0.6) is 0 Å². The molecule has 0 aromatic heterocycles. The van der Waals surface area contributed by atoms with E-state index in [2.05, 4.69) is 24.5 Å². The standard InChI is InChI=1S/C11H24N2O3/c1-9(2)12-6-4-5-10(16)13-11(3,7-14)8-15/h9,12,14-15H,4-8H2,1-3H3,(H,13,16). The van der Waals surface area contributed by atoms with Gasteiger partial charge < -0.3 is 20.8 Å². The first-order valence-corrected chi connectivity index (χ1v) is 5.69. The van der Waals surface area contributed by atoms with E-state index >= 15 is 0 Å². The van der Waals surface area contributed by atoms with Crippen molar-refractivity contribution in [1.82, 2.24) is 10.6 Å². The molecule has 1 amide bonds. The number of hydrogen-bond donors (Lipinski definition) is 4. The molecular formula is C11H24N2O3. The Hall–Kier alpha value is -0.650. The minimum atomic E-state index is -0.914. The molecule has 0 aromatic carbocycles. The van der Waals surface area contributed by atoms with Crippen molar-refractivity contribution >= 4 is 5.91 Å². The van der Waals surface area contributed by atoms with Gasteiger partial charge in [0.25, 0.3) is 0 Å². The minimum absolute atomic E-state index is 0.142. The third-order valence-electron chi connectivity index (χ3n) is 2.27. The van der Waals surface area contributed by atoms with Crippen molar-refractivity contribution in [3.63, 3.8) is 0 Å². The van der Waals surface area contributed by atoms with Crippen molar-refractivity contribution in [2.75, 3.05) is 19.8 Å². The van der Waals surface area contributed by atoms with Gasteiger partial charge in [-0.1, -0.05) is 13.8 Å². The number of aliphatic hydroxyl groups excluding tert-OH is 2. The van der Waals surface area contributed by atoms with E-state index in [1.165, 1.54) is 0 Å². The van der Waals surface area contributed by atoms with Crippen LogP contribution in [0.25, 0.3) is 0 Å². The molecule has 4 N–H and O–H groups in total. The number of hydrogen-bond acceptors (Lipinski definition) is 4. The summed E-state index contributed by atoms with van der Waals surface area (Å²) in [5.41, 5.74) is -0.914. The van der Waals surface area contributed by atoms with Crippen LogP contribution in [0.15, 0.2) is 0 Å². The van der Waals surface area contributed by atoms with E-state index < -0.39 is 5.54 Å². The van der Waals surface area contributed by atoms with Crippen LogP contribution in [0, 0.1) is 0 Å². The summed E-state index contributed by atoms with van der Waals surface area (Å²) in [6, 6.07) is 0.420. The Morgan fingerprint density at radius 1 is 1.31 bits per heavy atom. The van der Waals surface area contributed by atoms with Gasteiger partial charge >= 0.3 is 0 Å². The molecule has 0 heterocycles. The molecule has 0 spiro atoms. The molecule has 0 aliphatic rings. The van der Waals surface area contributed by atoms with E-state index in [4.69, 9.17) is 10.2 Å². The molecule has 5 nitrogen and oxygen atoms in total. The number of aliphatic hydroxyl groups is 2. The van der Waals surface area contributed by atoms with Gasteiger partial charge in [0.15, 0.2) is 0 Å². The van der Waals surface area contributed by atoms with Crippen LogP contribution in [0.4, 0.5) is 0 Å². The fourth-order valence-corrected chi connectivity index (χ4v) is 1.17. The summed E-state index contributed by atoms with van der Waals surface area (Å²) in [4.78, 5) is 11.5. The molecule has 0 saturated heterocycles. The van der Waals surface area contributed by atoms with Crippen LogP contribution in [0.2, 0.25) is 0 Å². The molecule has 0 saturated carbocycles. The van der Waals surface area contributed by atoms with Crippen molar-refractivity contribution in [2.45, 2.75) is 45.2 Å². The SMILES string of the molecule is CC(C)NCCCC(=O)NC(C)(CO)CO. The van der Waals surface area contributed by atoms with E-state index in [9.17, 15) is 4.79 Å². The molecule has 0 rings (SSSR count). The first-order chi connectivity index (χ1) is 7.43. The molecule has 0 bridgehead atoms. The molecule has 96 valence electrons. The Morgan fingerprint density at radius 2 is 1.88 bits per heavy atom. The smallest absolute Gasteiger partial charge is 0.220 e. The first-order valence-electron chi connectivity index (χ1n) is 5.69. The second-order valence-electron chi connectivity index (χ2n) is 4.64. The van der Waals surface area contributed by atoms with Gasteiger partial charge in [-0.3, -0.25) is 4.79 Å². The van der Waals surface area contributed by atoms with Gasteiger partial charge in [0.1, 0.15) is 0 Å². The molecule has 0 atom stereocenters. The van der Waals surface area contributed by atoms with Crippen LogP contribution in [-0.2, 0) is 4.79 Å². The lowest BCUT2D eigenvalue weighted by Gasteiger charge is -2.26. The fourth-order valence-electron chi connectivity index (χ4n) is 1.17. The van der Waals surface area contributed by atoms with Gasteiger partial charge in [-0.25, -0.2) is 0 Å². The fraction of sp³-hybridized carbons (Fsp3) is 0.909. The predicted octanol–water partition coefficient (Wildman–Crippen LogP) is -0.376. The molecule has 0 radical (unpaired) electrons. The Labute approximate surface area is 97.2 Å². The van der Waals surface area contributed by atoms with E-state index in [-0.39, 0.29) is 19.1 Å². The summed E-state index contributed by atoms with van der Waals surface area (Å²) < 4.78 is 0. The van der Waals surface area contributed by atoms with E-state index in [0.29, 0.717) is 12.5 Å². The normalized spacial score (nSPS) is 11.9. The summed E-state index contributed by atoms with van der Waals surface area (Å²) in [5, 5.41) is 23.8. The summed E-state index contributed by atoms with van der Waals surface area (Å²) in [5.74, 6) is -0.142. The van der Waals surface area contributed by atoms with Crippen LogP contribution in [-0.4, -0.2) is 47.5 Å². The van der Waals surface area contributed by atoms with Gasteiger partial charge in [0, 0.05) is 12.5 Å². The van der Waals surface area contributed by atoms with Crippen LogP contribution in [0.1, 0.15) is 33.6 Å². The monoisotopic (exact) mass is 232 g/mol. The zero-order chi connectivity index (χ0) is 12.6. The van der Waals surface area contributed by atoms with Gasteiger partial charge in [-0.15, -0.1) is 0 Å². The van der Waals surface area contributed by atoms with E-state index in [1.54, 1.807) is 6.92 Å². The van der Waals surface area contributed by atoms with Crippen molar-refractivity contribution in [2.24, 2.45) is 0 Å². The third-order valence-corrected chi connectivity index (χ3v) is 2.27.